The number of nitro groups is 1. The van der Waals surface area contributed by atoms with Gasteiger partial charge < -0.3 is 9.84 Å². The minimum absolute atomic E-state index is 0.0824. The number of hydrogen-bond donors (Lipinski definition) is 2. The lowest BCUT2D eigenvalue weighted by Gasteiger charge is -2.50. The fourth-order valence-electron chi connectivity index (χ4n) is 8.96. The molecule has 0 spiro atoms. The Morgan fingerprint density at radius 2 is 1.60 bits per heavy atom. The van der Waals surface area contributed by atoms with Crippen molar-refractivity contribution < 1.29 is 33.9 Å². The predicted molar refractivity (Wildman–Crippen MR) is 189 cm³/mol. The number of nitrogens with one attached hydrogen (secondary N) is 1. The van der Waals surface area contributed by atoms with Crippen molar-refractivity contribution >= 4 is 40.7 Å². The van der Waals surface area contributed by atoms with Crippen molar-refractivity contribution in [2.24, 2.45) is 23.7 Å². The first-order valence-corrected chi connectivity index (χ1v) is 17.0. The number of phenolic OH excluding ortho intramolecular Hbond substituents is 1. The molecule has 0 unspecified atom stereocenters. The van der Waals surface area contributed by atoms with Gasteiger partial charge in [-0.3, -0.25) is 39.6 Å². The molecule has 12 heteroatoms. The molecule has 2 N–H and O–H groups in total. The number of aryl methyl sites for hydroxylation is 1. The highest BCUT2D eigenvalue weighted by molar-refractivity contribution is 6.22. The predicted octanol–water partition coefficient (Wildman–Crippen LogP) is 5.81. The Labute approximate surface area is 298 Å². The summed E-state index contributed by atoms with van der Waals surface area (Å²) < 4.78 is 5.39. The Kier molecular flexibility index (Phi) is 7.70. The SMILES string of the molecule is COc1ccc([C@H]2C3=CC[C@@H]4C(=O)N(c5ccc([N+](=O)[O-])cc5)C(=O)[C@@H]4[C@@H]3C[C@H]3C(=O)N(Nc4ccc(C)cc4)C(=O)[C@@]23c2ccccc2)c(O)c1. The minimum atomic E-state index is -1.54. The van der Waals surface area contributed by atoms with Crippen LogP contribution in [0.1, 0.15) is 35.4 Å². The highest BCUT2D eigenvalue weighted by atomic mass is 16.6. The Morgan fingerprint density at radius 3 is 2.25 bits per heavy atom. The number of hydrazine groups is 1. The number of hydrogen-bond acceptors (Lipinski definition) is 9. The molecule has 2 heterocycles. The summed E-state index contributed by atoms with van der Waals surface area (Å²) in [5.41, 5.74) is 4.74. The molecule has 262 valence electrons. The standard InChI is InChI=1S/C40H34N4O8/c1-22-8-10-24(11-9-22)41-43-37(47)32-21-31-28(18-19-30-34(31)38(48)42(36(30)46)25-12-14-26(15-13-25)44(50)51)35(29-17-16-27(52-2)20-33(29)45)40(32,39(43)49)23-6-4-3-5-7-23/h3-18,20,30-32,34-35,41,45H,19,21H2,1-2H3/t30-,31+,32-,34-,35+,40+/m0/s1. The third kappa shape index (κ3) is 4.74. The number of methoxy groups -OCH3 is 1. The lowest BCUT2D eigenvalue weighted by atomic mass is 9.49. The summed E-state index contributed by atoms with van der Waals surface area (Å²) >= 11 is 0. The maximum atomic E-state index is 15.2. The summed E-state index contributed by atoms with van der Waals surface area (Å²) in [5, 5.41) is 24.0. The summed E-state index contributed by atoms with van der Waals surface area (Å²) in [6.45, 7) is 1.93. The molecule has 1 saturated carbocycles. The number of non-ortho nitro benzene ring substituents is 1. The molecular weight excluding hydrogens is 664 g/mol. The number of phenols is 1. The molecule has 0 radical (unpaired) electrons. The maximum Gasteiger partial charge on any atom is 0.269 e. The van der Waals surface area contributed by atoms with Gasteiger partial charge in [0.15, 0.2) is 0 Å². The monoisotopic (exact) mass is 698 g/mol. The van der Waals surface area contributed by atoms with Gasteiger partial charge in [-0.1, -0.05) is 65.7 Å². The van der Waals surface area contributed by atoms with E-state index in [1.165, 1.54) is 37.4 Å². The maximum absolute atomic E-state index is 15.2. The van der Waals surface area contributed by atoms with Crippen LogP contribution >= 0.6 is 0 Å². The molecule has 0 aromatic heterocycles. The number of carbonyl (C=O) groups is 4. The van der Waals surface area contributed by atoms with Gasteiger partial charge in [-0.25, -0.2) is 0 Å². The van der Waals surface area contributed by atoms with Crippen LogP contribution in [0, 0.1) is 40.7 Å². The third-order valence-electron chi connectivity index (χ3n) is 11.3. The first-order valence-electron chi connectivity index (χ1n) is 17.0. The van der Waals surface area contributed by atoms with Crippen LogP contribution in [0.2, 0.25) is 0 Å². The molecule has 8 rings (SSSR count). The summed E-state index contributed by atoms with van der Waals surface area (Å²) in [6.07, 6.45) is 2.17. The molecule has 6 atom stereocenters. The molecule has 4 amide bonds. The first kappa shape index (κ1) is 32.9. The molecule has 4 aromatic rings. The van der Waals surface area contributed by atoms with Crippen molar-refractivity contribution in [1.82, 2.24) is 5.01 Å². The van der Waals surface area contributed by atoms with Crippen LogP contribution in [0.25, 0.3) is 0 Å². The minimum Gasteiger partial charge on any atom is -0.508 e. The molecule has 2 aliphatic heterocycles. The van der Waals surface area contributed by atoms with Gasteiger partial charge in [-0.2, -0.15) is 5.01 Å². The van der Waals surface area contributed by atoms with Crippen LogP contribution in [0.15, 0.2) is 109 Å². The van der Waals surface area contributed by atoms with E-state index in [1.807, 2.05) is 43.3 Å². The van der Waals surface area contributed by atoms with Crippen LogP contribution in [0.5, 0.6) is 11.5 Å². The molecule has 2 saturated heterocycles. The topological polar surface area (TPSA) is 159 Å². The normalized spacial score (nSPS) is 26.4. The van der Waals surface area contributed by atoms with Crippen LogP contribution in [-0.4, -0.2) is 45.8 Å². The van der Waals surface area contributed by atoms with Crippen LogP contribution in [0.4, 0.5) is 17.1 Å². The van der Waals surface area contributed by atoms with Gasteiger partial charge in [0.1, 0.15) is 11.5 Å². The number of fused-ring (bicyclic) bond motifs is 4. The summed E-state index contributed by atoms with van der Waals surface area (Å²) in [7, 11) is 1.48. The molecular formula is C40H34N4O8. The zero-order chi connectivity index (χ0) is 36.5. The fourth-order valence-corrected chi connectivity index (χ4v) is 8.96. The van der Waals surface area contributed by atoms with Crippen molar-refractivity contribution in [2.45, 2.75) is 31.1 Å². The van der Waals surface area contributed by atoms with E-state index in [0.717, 1.165) is 15.5 Å². The number of nitrogens with zero attached hydrogens (tertiary/aromatic N) is 3. The largest absolute Gasteiger partial charge is 0.508 e. The van der Waals surface area contributed by atoms with E-state index in [2.05, 4.69) is 5.43 Å². The Hall–Kier alpha value is -6.30. The lowest BCUT2D eigenvalue weighted by Crippen LogP contribution is -2.53. The number of rotatable bonds is 7. The van der Waals surface area contributed by atoms with Gasteiger partial charge in [0.25, 0.3) is 17.5 Å². The number of allylic oxidation sites excluding steroid dienone is 2. The number of ether oxygens (including phenoxy) is 1. The third-order valence-corrected chi connectivity index (χ3v) is 11.3. The number of benzene rings is 4. The summed E-state index contributed by atoms with van der Waals surface area (Å²) in [4.78, 5) is 70.3. The van der Waals surface area contributed by atoms with E-state index >= 15 is 4.79 Å². The van der Waals surface area contributed by atoms with Gasteiger partial charge in [-0.05, 0) is 61.6 Å². The average Bonchev–Trinajstić information content (AvgIpc) is 3.53. The van der Waals surface area contributed by atoms with E-state index in [4.69, 9.17) is 4.74 Å². The average molecular weight is 699 g/mol. The second-order valence-corrected chi connectivity index (χ2v) is 13.8. The van der Waals surface area contributed by atoms with Crippen LogP contribution in [-0.2, 0) is 24.6 Å². The van der Waals surface area contributed by atoms with Crippen molar-refractivity contribution in [3.05, 3.63) is 136 Å². The van der Waals surface area contributed by atoms with E-state index in [-0.39, 0.29) is 30.0 Å². The Bertz CT molecular complexity index is 2190. The van der Waals surface area contributed by atoms with E-state index in [1.54, 1.807) is 36.4 Å². The van der Waals surface area contributed by atoms with E-state index in [9.17, 15) is 29.6 Å². The quantitative estimate of drug-likeness (QED) is 0.105. The number of nitro benzene ring substituents is 1. The molecule has 52 heavy (non-hydrogen) atoms. The van der Waals surface area contributed by atoms with Crippen molar-refractivity contribution in [1.29, 1.82) is 0 Å². The highest BCUT2D eigenvalue weighted by Crippen LogP contribution is 2.65. The zero-order valence-electron chi connectivity index (χ0n) is 28.3. The fraction of sp³-hybridized carbons (Fsp3) is 0.250. The number of aromatic hydroxyl groups is 1. The summed E-state index contributed by atoms with van der Waals surface area (Å²) in [5.74, 6) is -5.84. The van der Waals surface area contributed by atoms with Gasteiger partial charge in [-0.15, -0.1) is 0 Å². The second-order valence-electron chi connectivity index (χ2n) is 13.8. The second kappa shape index (κ2) is 12.2. The van der Waals surface area contributed by atoms with Gasteiger partial charge >= 0.3 is 0 Å². The molecule has 3 fully saturated rings. The van der Waals surface area contributed by atoms with Gasteiger partial charge in [0.2, 0.25) is 11.8 Å². The van der Waals surface area contributed by atoms with Crippen molar-refractivity contribution in [3.8, 4) is 11.5 Å². The van der Waals surface area contributed by atoms with Crippen LogP contribution < -0.4 is 15.1 Å². The number of amides is 4. The Morgan fingerprint density at radius 1 is 0.885 bits per heavy atom. The van der Waals surface area contributed by atoms with E-state index in [0.29, 0.717) is 28.1 Å². The zero-order valence-corrected chi connectivity index (χ0v) is 28.3. The number of anilines is 2. The summed E-state index contributed by atoms with van der Waals surface area (Å²) in [6, 6.07) is 26.4. The Balaban J connectivity index is 1.30. The molecule has 0 bridgehead atoms. The van der Waals surface area contributed by atoms with E-state index < -0.39 is 63.6 Å². The van der Waals surface area contributed by atoms with Crippen LogP contribution in [0.3, 0.4) is 0 Å². The molecule has 4 aliphatic rings. The number of carbonyl (C=O) groups excluding carboxylic acids is 4. The van der Waals surface area contributed by atoms with Gasteiger partial charge in [0, 0.05) is 29.7 Å². The van der Waals surface area contributed by atoms with Crippen molar-refractivity contribution in [2.75, 3.05) is 17.4 Å². The first-order chi connectivity index (χ1) is 25.1. The molecule has 2 aliphatic carbocycles. The van der Waals surface area contributed by atoms with Crippen molar-refractivity contribution in [3.63, 3.8) is 0 Å². The lowest BCUT2D eigenvalue weighted by molar-refractivity contribution is -0.384. The highest BCUT2D eigenvalue weighted by Gasteiger charge is 2.70. The number of imide groups is 2. The molecule has 12 nitrogen and oxygen atoms in total. The smallest absolute Gasteiger partial charge is 0.269 e. The van der Waals surface area contributed by atoms with Gasteiger partial charge in [0.05, 0.1) is 46.6 Å². The molecule has 4 aromatic carbocycles.